The maximum atomic E-state index is 10.5. The summed E-state index contributed by atoms with van der Waals surface area (Å²) in [5.74, 6) is -0.599. The number of hydrogen-bond acceptors (Lipinski definition) is 5. The molecule has 0 spiro atoms. The van der Waals surface area contributed by atoms with Crippen LogP contribution in [0.25, 0.3) is 11.0 Å². The highest BCUT2D eigenvalue weighted by Gasteiger charge is 2.21. The van der Waals surface area contributed by atoms with Crippen LogP contribution < -0.4 is 0 Å². The van der Waals surface area contributed by atoms with Gasteiger partial charge >= 0.3 is 5.69 Å². The highest BCUT2D eigenvalue weighted by Crippen LogP contribution is 2.37. The average Bonchev–Trinajstić information content (AvgIpc) is 2.58. The summed E-state index contributed by atoms with van der Waals surface area (Å²) in [6.07, 6.45) is 0. The van der Waals surface area contributed by atoms with Crippen LogP contribution >= 0.6 is 11.6 Å². The van der Waals surface area contributed by atoms with Crippen LogP contribution in [0, 0.1) is 10.1 Å². The van der Waals surface area contributed by atoms with Crippen LogP contribution in [0.1, 0.15) is 0 Å². The van der Waals surface area contributed by atoms with E-state index < -0.39 is 16.4 Å². The number of nitrogens with zero attached hydrogens (tertiary/aromatic N) is 3. The van der Waals surface area contributed by atoms with Gasteiger partial charge in [0, 0.05) is 6.07 Å². The number of nitro benzene ring substituents is 1. The summed E-state index contributed by atoms with van der Waals surface area (Å²) in [6.45, 7) is 0. The first-order valence-electron chi connectivity index (χ1n) is 3.48. The summed E-state index contributed by atoms with van der Waals surface area (Å²) in [6, 6.07) is 1.12. The molecule has 0 fully saturated rings. The fraction of sp³-hybridized carbons (Fsp3) is 0. The summed E-state index contributed by atoms with van der Waals surface area (Å²) < 4.78 is 0. The number of nitrogens with one attached hydrogen (secondary N) is 1. The highest BCUT2D eigenvalue weighted by molar-refractivity contribution is 6.36. The van der Waals surface area contributed by atoms with Crippen molar-refractivity contribution in [1.29, 1.82) is 0 Å². The molecule has 1 aromatic carbocycles. The van der Waals surface area contributed by atoms with E-state index >= 15 is 0 Å². The van der Waals surface area contributed by atoms with Crippen molar-refractivity contribution in [2.75, 3.05) is 0 Å². The van der Waals surface area contributed by atoms with Crippen molar-refractivity contribution in [3.05, 3.63) is 21.2 Å². The van der Waals surface area contributed by atoms with Gasteiger partial charge in [-0.05, 0) is 0 Å². The number of hydrogen-bond donors (Lipinski definition) is 2. The van der Waals surface area contributed by atoms with Gasteiger partial charge in [-0.15, -0.1) is 5.10 Å². The lowest BCUT2D eigenvalue weighted by Crippen LogP contribution is -1.89. The lowest BCUT2D eigenvalue weighted by Gasteiger charge is -1.97. The third-order valence-corrected chi connectivity index (χ3v) is 2.07. The first-order chi connectivity index (χ1) is 6.61. The smallest absolute Gasteiger partial charge is 0.314 e. The Kier molecular flexibility index (Phi) is 1.74. The molecule has 0 unspecified atom stereocenters. The van der Waals surface area contributed by atoms with E-state index in [9.17, 15) is 15.2 Å². The van der Waals surface area contributed by atoms with E-state index in [0.29, 0.717) is 5.52 Å². The van der Waals surface area contributed by atoms with Crippen LogP contribution in [0.15, 0.2) is 6.07 Å². The number of aromatic hydroxyl groups is 1. The second-order valence-corrected chi connectivity index (χ2v) is 2.90. The van der Waals surface area contributed by atoms with E-state index in [2.05, 4.69) is 15.4 Å². The van der Waals surface area contributed by atoms with E-state index in [0.717, 1.165) is 6.07 Å². The molecular formula is C6H3ClN4O3. The molecule has 1 aromatic heterocycles. The third kappa shape index (κ3) is 1.06. The molecule has 0 aliphatic heterocycles. The molecule has 1 heterocycles. The number of aromatic amines is 1. The molecular weight excluding hydrogens is 212 g/mol. The van der Waals surface area contributed by atoms with Crippen molar-refractivity contribution in [3.8, 4) is 5.75 Å². The van der Waals surface area contributed by atoms with Gasteiger partial charge in [0.25, 0.3) is 0 Å². The van der Waals surface area contributed by atoms with Gasteiger partial charge in [0.05, 0.1) is 10.4 Å². The first-order valence-corrected chi connectivity index (χ1v) is 3.85. The Morgan fingerprint density at radius 1 is 1.64 bits per heavy atom. The molecule has 2 N–H and O–H groups in total. The van der Waals surface area contributed by atoms with E-state index in [1.165, 1.54) is 0 Å². The summed E-state index contributed by atoms with van der Waals surface area (Å²) in [5.41, 5.74) is 0.0304. The van der Waals surface area contributed by atoms with Gasteiger partial charge < -0.3 is 5.11 Å². The molecule has 0 radical (unpaired) electrons. The highest BCUT2D eigenvalue weighted by atomic mass is 35.5. The molecule has 0 aliphatic carbocycles. The van der Waals surface area contributed by atoms with Crippen LogP contribution in [0.4, 0.5) is 5.69 Å². The van der Waals surface area contributed by atoms with E-state index in [1.54, 1.807) is 0 Å². The average molecular weight is 215 g/mol. The minimum Gasteiger partial charge on any atom is -0.501 e. The number of H-pyrrole nitrogens is 1. The molecule has 14 heavy (non-hydrogen) atoms. The van der Waals surface area contributed by atoms with Gasteiger partial charge in [-0.3, -0.25) is 15.2 Å². The Bertz CT molecular complexity index is 523. The molecule has 8 heteroatoms. The van der Waals surface area contributed by atoms with Crippen LogP contribution in [0.3, 0.4) is 0 Å². The largest absolute Gasteiger partial charge is 0.501 e. The van der Waals surface area contributed by atoms with Crippen LogP contribution in [0.5, 0.6) is 5.75 Å². The molecule has 0 bridgehead atoms. The lowest BCUT2D eigenvalue weighted by molar-refractivity contribution is -0.385. The van der Waals surface area contributed by atoms with Crippen molar-refractivity contribution in [2.24, 2.45) is 0 Å². The maximum absolute atomic E-state index is 10.5. The SMILES string of the molecule is O=[N+]([O-])c1cc2[nH]nnc2c(Cl)c1O. The number of phenolic OH excluding ortho intramolecular Hbond substituents is 1. The number of benzene rings is 1. The Balaban J connectivity index is 2.87. The van der Waals surface area contributed by atoms with Crippen molar-refractivity contribution >= 4 is 28.3 Å². The van der Waals surface area contributed by atoms with E-state index in [-0.39, 0.29) is 10.5 Å². The Morgan fingerprint density at radius 2 is 2.36 bits per heavy atom. The zero-order valence-electron chi connectivity index (χ0n) is 6.56. The second-order valence-electron chi connectivity index (χ2n) is 2.52. The lowest BCUT2D eigenvalue weighted by atomic mass is 10.2. The van der Waals surface area contributed by atoms with Gasteiger partial charge in [0.15, 0.2) is 0 Å². The fourth-order valence-electron chi connectivity index (χ4n) is 1.07. The van der Waals surface area contributed by atoms with Gasteiger partial charge in [0.2, 0.25) is 5.75 Å². The topological polar surface area (TPSA) is 105 Å². The summed E-state index contributed by atoms with van der Waals surface area (Å²) >= 11 is 5.64. The number of fused-ring (bicyclic) bond motifs is 1. The van der Waals surface area contributed by atoms with Crippen molar-refractivity contribution < 1.29 is 10.0 Å². The van der Waals surface area contributed by atoms with Crippen molar-refractivity contribution in [1.82, 2.24) is 15.4 Å². The molecule has 0 saturated heterocycles. The zero-order valence-corrected chi connectivity index (χ0v) is 7.32. The summed E-state index contributed by atoms with van der Waals surface area (Å²) in [4.78, 5) is 9.74. The van der Waals surface area contributed by atoms with Gasteiger partial charge in [-0.1, -0.05) is 16.8 Å². The Labute approximate surface area is 81.4 Å². The van der Waals surface area contributed by atoms with Crippen molar-refractivity contribution in [3.63, 3.8) is 0 Å². The Morgan fingerprint density at radius 3 is 3.00 bits per heavy atom. The molecule has 0 saturated carbocycles. The minimum absolute atomic E-state index is 0.178. The second kappa shape index (κ2) is 2.81. The number of nitro groups is 1. The summed E-state index contributed by atoms with van der Waals surface area (Å²) in [5, 5.41) is 29.0. The molecule has 7 nitrogen and oxygen atoms in total. The molecule has 0 aliphatic rings. The van der Waals surface area contributed by atoms with Crippen molar-refractivity contribution in [2.45, 2.75) is 0 Å². The van der Waals surface area contributed by atoms with E-state index in [4.69, 9.17) is 11.6 Å². The fourth-order valence-corrected chi connectivity index (χ4v) is 1.30. The van der Waals surface area contributed by atoms with Gasteiger partial charge in [-0.2, -0.15) is 0 Å². The summed E-state index contributed by atoms with van der Waals surface area (Å²) in [7, 11) is 0. The minimum atomic E-state index is -0.735. The quantitative estimate of drug-likeness (QED) is 0.549. The van der Waals surface area contributed by atoms with Gasteiger partial charge in [-0.25, -0.2) is 0 Å². The monoisotopic (exact) mass is 214 g/mol. The van der Waals surface area contributed by atoms with Crippen LogP contribution in [-0.2, 0) is 0 Å². The number of rotatable bonds is 1. The zero-order chi connectivity index (χ0) is 10.3. The predicted molar refractivity (Wildman–Crippen MR) is 47.2 cm³/mol. The number of halogens is 1. The predicted octanol–water partition coefficient (Wildman–Crippen LogP) is 1.23. The molecule has 2 rings (SSSR count). The third-order valence-electron chi connectivity index (χ3n) is 1.71. The molecule has 2 aromatic rings. The molecule has 72 valence electrons. The molecule has 0 atom stereocenters. The van der Waals surface area contributed by atoms with Crippen LogP contribution in [0.2, 0.25) is 5.02 Å². The van der Waals surface area contributed by atoms with Crippen LogP contribution in [-0.4, -0.2) is 25.4 Å². The maximum Gasteiger partial charge on any atom is 0.314 e. The first kappa shape index (κ1) is 8.70. The molecule has 0 amide bonds. The standard InChI is InChI=1S/C6H3ClN4O3/c7-4-5-2(8-10-9-5)1-3(6(4)12)11(13)14/h1,12H,(H,8,9,10). The normalized spacial score (nSPS) is 10.6. The van der Waals surface area contributed by atoms with Gasteiger partial charge in [0.1, 0.15) is 10.5 Å². The number of aromatic nitrogens is 3. The number of phenols is 1. The van der Waals surface area contributed by atoms with E-state index in [1.807, 2.05) is 0 Å². The Hall–Kier alpha value is -1.89.